The van der Waals surface area contributed by atoms with Crippen LogP contribution in [0.2, 0.25) is 0 Å². The Labute approximate surface area is 154 Å². The highest BCUT2D eigenvalue weighted by Gasteiger charge is 2.31. The topological polar surface area (TPSA) is 79.0 Å². The molecule has 7 heteroatoms. The quantitative estimate of drug-likeness (QED) is 0.790. The first-order valence-corrected chi connectivity index (χ1v) is 9.08. The second kappa shape index (κ2) is 9.22. The van der Waals surface area contributed by atoms with Gasteiger partial charge in [0.1, 0.15) is 0 Å². The fourth-order valence-electron chi connectivity index (χ4n) is 3.10. The Kier molecular flexibility index (Phi) is 7.00. The number of urea groups is 1. The van der Waals surface area contributed by atoms with Crippen molar-refractivity contribution < 1.29 is 19.1 Å². The average molecular weight is 361 g/mol. The van der Waals surface area contributed by atoms with Crippen molar-refractivity contribution in [3.8, 4) is 0 Å². The van der Waals surface area contributed by atoms with E-state index in [9.17, 15) is 14.4 Å². The zero-order valence-corrected chi connectivity index (χ0v) is 15.7. The molecule has 26 heavy (non-hydrogen) atoms. The fourth-order valence-corrected chi connectivity index (χ4v) is 3.10. The number of carbonyl (C=O) groups is 3. The first-order chi connectivity index (χ1) is 12.5. The fraction of sp³-hybridized carbons (Fsp3) is 0.526. The molecule has 1 aromatic rings. The van der Waals surface area contributed by atoms with Gasteiger partial charge in [-0.25, -0.2) is 9.80 Å². The number of rotatable bonds is 6. The minimum atomic E-state index is -0.432. The molecule has 0 unspecified atom stereocenters. The first kappa shape index (κ1) is 19.8. The van der Waals surface area contributed by atoms with Crippen LogP contribution in [0, 0.1) is 0 Å². The Morgan fingerprint density at radius 1 is 1.04 bits per heavy atom. The minimum Gasteiger partial charge on any atom is -0.469 e. The van der Waals surface area contributed by atoms with E-state index in [1.165, 1.54) is 17.1 Å². The molecule has 0 spiro atoms. The van der Waals surface area contributed by atoms with Gasteiger partial charge in [-0.05, 0) is 30.4 Å². The molecule has 1 fully saturated rings. The maximum atomic E-state index is 12.8. The highest BCUT2D eigenvalue weighted by atomic mass is 16.5. The number of carbonyl (C=O) groups excluding carboxylic acids is 3. The molecule has 0 aromatic heterocycles. The monoisotopic (exact) mass is 361 g/mol. The molecule has 3 amide bonds. The predicted octanol–water partition coefficient (Wildman–Crippen LogP) is 2.75. The molecule has 0 radical (unpaired) electrons. The summed E-state index contributed by atoms with van der Waals surface area (Å²) in [5, 5.41) is 5.85. The lowest BCUT2D eigenvalue weighted by Gasteiger charge is -2.28. The van der Waals surface area contributed by atoms with Crippen LogP contribution in [0.3, 0.4) is 0 Å². The molecular weight excluding hydrogens is 334 g/mol. The number of hydrogen-bond acceptors (Lipinski definition) is 4. The molecule has 1 aromatic carbocycles. The smallest absolute Gasteiger partial charge is 0.340 e. The Morgan fingerprint density at radius 2 is 1.65 bits per heavy atom. The van der Waals surface area contributed by atoms with Gasteiger partial charge in [0.25, 0.3) is 0 Å². The largest absolute Gasteiger partial charge is 0.469 e. The van der Waals surface area contributed by atoms with Gasteiger partial charge in [-0.15, -0.1) is 0 Å². The highest BCUT2D eigenvalue weighted by Crippen LogP contribution is 2.24. The number of methoxy groups -OCH3 is 1. The number of para-hydroxylation sites is 1. The van der Waals surface area contributed by atoms with Gasteiger partial charge in [0, 0.05) is 25.2 Å². The van der Waals surface area contributed by atoms with Gasteiger partial charge in [0.2, 0.25) is 5.91 Å². The average Bonchev–Trinajstić information content (AvgIpc) is 3.15. The number of amides is 3. The number of nitrogens with zero attached hydrogens (tertiary/aromatic N) is 2. The van der Waals surface area contributed by atoms with Gasteiger partial charge in [-0.2, -0.15) is 0 Å². The molecule has 142 valence electrons. The number of hydrogen-bond donors (Lipinski definition) is 1. The van der Waals surface area contributed by atoms with E-state index >= 15 is 0 Å². The number of hydrazine groups is 1. The van der Waals surface area contributed by atoms with E-state index < -0.39 is 5.97 Å². The summed E-state index contributed by atoms with van der Waals surface area (Å²) in [4.78, 5) is 36.4. The van der Waals surface area contributed by atoms with Crippen LogP contribution in [0.25, 0.3) is 0 Å². The minimum absolute atomic E-state index is 0.0138. The van der Waals surface area contributed by atoms with Crippen molar-refractivity contribution in [2.24, 2.45) is 0 Å². The van der Waals surface area contributed by atoms with Crippen molar-refractivity contribution >= 4 is 23.6 Å². The van der Waals surface area contributed by atoms with E-state index in [1.807, 2.05) is 32.0 Å². The summed E-state index contributed by atoms with van der Waals surface area (Å²) in [6.07, 6.45) is 2.38. The van der Waals surface area contributed by atoms with Gasteiger partial charge in [-0.3, -0.25) is 14.6 Å². The van der Waals surface area contributed by atoms with Crippen LogP contribution in [-0.4, -0.2) is 48.1 Å². The maximum Gasteiger partial charge on any atom is 0.340 e. The SMILES string of the molecule is CCc1cccc(CC)c1NC(=O)N1CCCN1C(=O)CCC(=O)OC. The standard InChI is InChI=1S/C19H27N3O4/c1-4-14-8-6-9-15(5-2)18(14)20-19(25)22-13-7-12-21(22)16(23)10-11-17(24)26-3/h6,8-9H,4-5,7,10-13H2,1-3H3,(H,20,25). The van der Waals surface area contributed by atoms with Gasteiger partial charge in [-0.1, -0.05) is 32.0 Å². The van der Waals surface area contributed by atoms with Crippen LogP contribution >= 0.6 is 0 Å². The number of anilines is 1. The molecule has 0 saturated carbocycles. The molecule has 0 bridgehead atoms. The van der Waals surface area contributed by atoms with Crippen LogP contribution in [0.5, 0.6) is 0 Å². The van der Waals surface area contributed by atoms with E-state index in [2.05, 4.69) is 10.1 Å². The highest BCUT2D eigenvalue weighted by molar-refractivity contribution is 5.93. The van der Waals surface area contributed by atoms with Crippen molar-refractivity contribution in [1.82, 2.24) is 10.0 Å². The second-order valence-corrected chi connectivity index (χ2v) is 6.16. The third-order valence-corrected chi connectivity index (χ3v) is 4.56. The molecule has 1 aliphatic rings. The summed E-state index contributed by atoms with van der Waals surface area (Å²) in [5.41, 5.74) is 2.97. The molecule has 1 saturated heterocycles. The van der Waals surface area contributed by atoms with Crippen molar-refractivity contribution in [3.05, 3.63) is 29.3 Å². The Bertz CT molecular complexity index is 652. The van der Waals surface area contributed by atoms with E-state index in [0.29, 0.717) is 19.5 Å². The summed E-state index contributed by atoms with van der Waals surface area (Å²) in [6, 6.07) is 5.67. The van der Waals surface area contributed by atoms with Crippen molar-refractivity contribution in [2.75, 3.05) is 25.5 Å². The second-order valence-electron chi connectivity index (χ2n) is 6.16. The molecular formula is C19H27N3O4. The molecule has 0 atom stereocenters. The van der Waals surface area contributed by atoms with Gasteiger partial charge < -0.3 is 10.1 Å². The van der Waals surface area contributed by atoms with Gasteiger partial charge >= 0.3 is 12.0 Å². The molecule has 2 rings (SSSR count). The van der Waals surface area contributed by atoms with Crippen molar-refractivity contribution in [3.63, 3.8) is 0 Å². The predicted molar refractivity (Wildman–Crippen MR) is 98.5 cm³/mol. The first-order valence-electron chi connectivity index (χ1n) is 9.08. The van der Waals surface area contributed by atoms with Crippen LogP contribution in [0.1, 0.15) is 44.2 Å². The lowest BCUT2D eigenvalue weighted by Crippen LogP contribution is -2.47. The van der Waals surface area contributed by atoms with Crippen LogP contribution in [0.15, 0.2) is 18.2 Å². The number of esters is 1. The van der Waals surface area contributed by atoms with E-state index in [4.69, 9.17) is 0 Å². The Hall–Kier alpha value is -2.57. The Balaban J connectivity index is 2.09. The number of ether oxygens (including phenoxy) is 1. The van der Waals surface area contributed by atoms with Crippen molar-refractivity contribution in [1.29, 1.82) is 0 Å². The van der Waals surface area contributed by atoms with E-state index in [0.717, 1.165) is 29.7 Å². The van der Waals surface area contributed by atoms with E-state index in [1.54, 1.807) is 0 Å². The van der Waals surface area contributed by atoms with Gasteiger partial charge in [0.15, 0.2) is 0 Å². The third kappa shape index (κ3) is 4.53. The van der Waals surface area contributed by atoms with Crippen LogP contribution < -0.4 is 5.32 Å². The number of nitrogens with one attached hydrogen (secondary N) is 1. The normalized spacial score (nSPS) is 13.7. The maximum absolute atomic E-state index is 12.8. The Morgan fingerprint density at radius 3 is 2.23 bits per heavy atom. The lowest BCUT2D eigenvalue weighted by molar-refractivity contribution is -0.146. The molecule has 1 N–H and O–H groups in total. The summed E-state index contributed by atoms with van der Waals surface area (Å²) < 4.78 is 4.57. The summed E-state index contributed by atoms with van der Waals surface area (Å²) >= 11 is 0. The number of benzene rings is 1. The lowest BCUT2D eigenvalue weighted by atomic mass is 10.0. The summed E-state index contributed by atoms with van der Waals surface area (Å²) in [5.74, 6) is -0.680. The van der Waals surface area contributed by atoms with Crippen LogP contribution in [0.4, 0.5) is 10.5 Å². The van der Waals surface area contributed by atoms with Gasteiger partial charge in [0.05, 0.1) is 13.5 Å². The third-order valence-electron chi connectivity index (χ3n) is 4.56. The zero-order chi connectivity index (χ0) is 19.1. The molecule has 7 nitrogen and oxygen atoms in total. The molecule has 0 aliphatic carbocycles. The summed E-state index contributed by atoms with van der Waals surface area (Å²) in [7, 11) is 1.29. The van der Waals surface area contributed by atoms with Crippen LogP contribution in [-0.2, 0) is 27.2 Å². The molecule has 1 aliphatic heterocycles. The van der Waals surface area contributed by atoms with E-state index in [-0.39, 0.29) is 24.8 Å². The number of aryl methyl sites for hydroxylation is 2. The zero-order valence-electron chi connectivity index (χ0n) is 15.7. The van der Waals surface area contributed by atoms with Crippen molar-refractivity contribution in [2.45, 2.75) is 46.0 Å². The summed E-state index contributed by atoms with van der Waals surface area (Å²) in [6.45, 7) is 5.04. The molecule has 1 heterocycles.